The molecule has 0 spiro atoms. The fraction of sp³-hybridized carbons (Fsp3) is 1.00. The zero-order chi connectivity index (χ0) is 19.3. The van der Waals surface area contributed by atoms with Crippen LogP contribution in [-0.4, -0.2) is 24.4 Å². The van der Waals surface area contributed by atoms with Gasteiger partial charge in [0.05, 0.1) is 6.10 Å². The van der Waals surface area contributed by atoms with Gasteiger partial charge in [-0.25, -0.2) is 0 Å². The Morgan fingerprint density at radius 3 is 2.19 bits per heavy atom. The summed E-state index contributed by atoms with van der Waals surface area (Å²) >= 11 is 0. The molecule has 0 amide bonds. The van der Waals surface area contributed by atoms with E-state index in [0.717, 1.165) is 43.1 Å². The molecule has 2 heteroatoms. The van der Waals surface area contributed by atoms with Gasteiger partial charge in [0.25, 0.3) is 0 Å². The van der Waals surface area contributed by atoms with E-state index in [9.17, 15) is 0 Å². The molecular weight excluding hydrogens is 332 g/mol. The predicted molar refractivity (Wildman–Crippen MR) is 116 cm³/mol. The van der Waals surface area contributed by atoms with Crippen molar-refractivity contribution < 1.29 is 9.84 Å². The van der Waals surface area contributed by atoms with E-state index in [1.54, 1.807) is 0 Å². The van der Waals surface area contributed by atoms with Gasteiger partial charge in [-0.15, -0.1) is 0 Å². The molecule has 27 heavy (non-hydrogen) atoms. The highest BCUT2D eigenvalue weighted by Crippen LogP contribution is 2.53. The van der Waals surface area contributed by atoms with Crippen molar-refractivity contribution in [3.63, 3.8) is 0 Å². The number of hydrogen-bond acceptors (Lipinski definition) is 2. The van der Waals surface area contributed by atoms with Crippen molar-refractivity contribution >= 4 is 0 Å². The van der Waals surface area contributed by atoms with Crippen LogP contribution in [0, 0.1) is 23.7 Å². The van der Waals surface area contributed by atoms with Gasteiger partial charge in [0.2, 0.25) is 0 Å². The van der Waals surface area contributed by atoms with Crippen molar-refractivity contribution in [2.24, 2.45) is 23.7 Å². The number of hydrogen-bond donors (Lipinski definition) is 1. The largest absolute Gasteiger partial charge is 0.396 e. The standard InChI is InChI=1S/C25H48O2/c1-3-4-5-6-7-8-9-12-15-21(2)23-18-22-19-24(23)25(20-22)27-17-14-11-10-13-16-26/h21-26H,3-20H2,1-2H3. The molecule has 2 bridgehead atoms. The maximum atomic E-state index is 8.85. The lowest BCUT2D eigenvalue weighted by atomic mass is 9.77. The number of aliphatic hydroxyl groups excluding tert-OH is 1. The normalized spacial score (nSPS) is 28.1. The zero-order valence-corrected chi connectivity index (χ0v) is 18.5. The number of fused-ring (bicyclic) bond motifs is 2. The second-order valence-corrected chi connectivity index (χ2v) is 9.69. The number of unbranched alkanes of at least 4 members (excludes halogenated alkanes) is 10. The molecule has 2 saturated carbocycles. The van der Waals surface area contributed by atoms with Crippen LogP contribution in [0.15, 0.2) is 0 Å². The number of aliphatic hydroxyl groups is 1. The average molecular weight is 381 g/mol. The summed E-state index contributed by atoms with van der Waals surface area (Å²) in [4.78, 5) is 0. The summed E-state index contributed by atoms with van der Waals surface area (Å²) in [5.41, 5.74) is 0. The Labute approximate surface area is 169 Å². The molecule has 160 valence electrons. The van der Waals surface area contributed by atoms with E-state index in [-0.39, 0.29) is 0 Å². The van der Waals surface area contributed by atoms with E-state index in [0.29, 0.717) is 12.7 Å². The molecule has 2 rings (SSSR count). The molecule has 5 atom stereocenters. The lowest BCUT2D eigenvalue weighted by Gasteiger charge is -2.33. The first-order valence-corrected chi connectivity index (χ1v) is 12.5. The van der Waals surface area contributed by atoms with Gasteiger partial charge in [0.15, 0.2) is 0 Å². The Balaban J connectivity index is 1.54. The van der Waals surface area contributed by atoms with Crippen LogP contribution in [0.25, 0.3) is 0 Å². The van der Waals surface area contributed by atoms with Gasteiger partial charge in [0, 0.05) is 13.2 Å². The topological polar surface area (TPSA) is 29.5 Å². The van der Waals surface area contributed by atoms with E-state index >= 15 is 0 Å². The molecule has 1 N–H and O–H groups in total. The van der Waals surface area contributed by atoms with Crippen LogP contribution in [0.1, 0.15) is 117 Å². The Morgan fingerprint density at radius 2 is 1.48 bits per heavy atom. The van der Waals surface area contributed by atoms with Crippen LogP contribution in [-0.2, 0) is 4.74 Å². The van der Waals surface area contributed by atoms with Crippen LogP contribution in [0.2, 0.25) is 0 Å². The molecule has 0 heterocycles. The third-order valence-electron chi connectivity index (χ3n) is 7.43. The van der Waals surface area contributed by atoms with Crippen molar-refractivity contribution in [3.05, 3.63) is 0 Å². The molecule has 0 aromatic heterocycles. The van der Waals surface area contributed by atoms with E-state index in [2.05, 4.69) is 13.8 Å². The van der Waals surface area contributed by atoms with Crippen molar-refractivity contribution in [1.82, 2.24) is 0 Å². The molecule has 0 aliphatic heterocycles. The third-order valence-corrected chi connectivity index (χ3v) is 7.43. The minimum Gasteiger partial charge on any atom is -0.396 e. The van der Waals surface area contributed by atoms with Gasteiger partial charge >= 0.3 is 0 Å². The van der Waals surface area contributed by atoms with Crippen LogP contribution in [0.3, 0.4) is 0 Å². The molecule has 2 aliphatic carbocycles. The third kappa shape index (κ3) is 8.44. The van der Waals surface area contributed by atoms with Gasteiger partial charge in [-0.1, -0.05) is 84.5 Å². The fourth-order valence-electron chi connectivity index (χ4n) is 5.80. The molecular formula is C25H48O2. The Bertz CT molecular complexity index is 356. The minimum atomic E-state index is 0.339. The van der Waals surface area contributed by atoms with Gasteiger partial charge in [0.1, 0.15) is 0 Å². The van der Waals surface area contributed by atoms with Gasteiger partial charge in [-0.2, -0.15) is 0 Å². The van der Waals surface area contributed by atoms with Crippen LogP contribution in [0.4, 0.5) is 0 Å². The fourth-order valence-corrected chi connectivity index (χ4v) is 5.80. The predicted octanol–water partition coefficient (Wildman–Crippen LogP) is 7.14. The van der Waals surface area contributed by atoms with E-state index in [4.69, 9.17) is 9.84 Å². The first kappa shape index (κ1) is 23.2. The Hall–Kier alpha value is -0.0800. The number of rotatable bonds is 17. The average Bonchev–Trinajstić information content (AvgIpc) is 3.27. The second-order valence-electron chi connectivity index (χ2n) is 9.69. The molecule has 0 saturated heterocycles. The summed E-state index contributed by atoms with van der Waals surface area (Å²) in [6, 6.07) is 0. The zero-order valence-electron chi connectivity index (χ0n) is 18.5. The Kier molecular flexibility index (Phi) is 12.0. The summed E-state index contributed by atoms with van der Waals surface area (Å²) < 4.78 is 6.32. The quantitative estimate of drug-likeness (QED) is 0.272. The molecule has 0 aromatic rings. The second kappa shape index (κ2) is 14.0. The van der Waals surface area contributed by atoms with E-state index < -0.39 is 0 Å². The molecule has 0 radical (unpaired) electrons. The monoisotopic (exact) mass is 380 g/mol. The summed E-state index contributed by atoms with van der Waals surface area (Å²) in [5, 5.41) is 8.85. The van der Waals surface area contributed by atoms with Gasteiger partial charge in [-0.05, 0) is 55.8 Å². The van der Waals surface area contributed by atoms with E-state index in [1.807, 2.05) is 0 Å². The van der Waals surface area contributed by atoms with Crippen molar-refractivity contribution in [2.45, 2.75) is 123 Å². The molecule has 2 nitrogen and oxygen atoms in total. The lowest BCUT2D eigenvalue weighted by molar-refractivity contribution is -0.0134. The van der Waals surface area contributed by atoms with Crippen LogP contribution in [0.5, 0.6) is 0 Å². The number of ether oxygens (including phenoxy) is 1. The van der Waals surface area contributed by atoms with E-state index in [1.165, 1.54) is 89.9 Å². The van der Waals surface area contributed by atoms with Crippen LogP contribution >= 0.6 is 0 Å². The van der Waals surface area contributed by atoms with Crippen molar-refractivity contribution in [3.8, 4) is 0 Å². The van der Waals surface area contributed by atoms with Crippen molar-refractivity contribution in [1.29, 1.82) is 0 Å². The van der Waals surface area contributed by atoms with Crippen LogP contribution < -0.4 is 0 Å². The summed E-state index contributed by atoms with van der Waals surface area (Å²) in [6.07, 6.45) is 22.2. The minimum absolute atomic E-state index is 0.339. The molecule has 2 aliphatic rings. The maximum absolute atomic E-state index is 8.85. The first-order chi connectivity index (χ1) is 13.3. The van der Waals surface area contributed by atoms with Crippen molar-refractivity contribution in [2.75, 3.05) is 13.2 Å². The highest BCUT2D eigenvalue weighted by atomic mass is 16.5. The van der Waals surface area contributed by atoms with Gasteiger partial charge < -0.3 is 9.84 Å². The smallest absolute Gasteiger partial charge is 0.0608 e. The summed E-state index contributed by atoms with van der Waals surface area (Å²) in [5.74, 6) is 3.65. The highest BCUT2D eigenvalue weighted by molar-refractivity contribution is 4.97. The molecule has 5 unspecified atom stereocenters. The summed E-state index contributed by atoms with van der Waals surface area (Å²) in [6.45, 7) is 6.11. The van der Waals surface area contributed by atoms with Gasteiger partial charge in [-0.3, -0.25) is 0 Å². The maximum Gasteiger partial charge on any atom is 0.0608 e. The Morgan fingerprint density at radius 1 is 0.815 bits per heavy atom. The molecule has 2 fully saturated rings. The highest BCUT2D eigenvalue weighted by Gasteiger charge is 2.48. The first-order valence-electron chi connectivity index (χ1n) is 12.5. The molecule has 0 aromatic carbocycles. The lowest BCUT2D eigenvalue weighted by Crippen LogP contribution is -2.31. The summed E-state index contributed by atoms with van der Waals surface area (Å²) in [7, 11) is 0. The SMILES string of the molecule is CCCCCCCCCCC(C)C1CC2CC(OCCCCCCO)C1C2.